The van der Waals surface area contributed by atoms with Crippen molar-refractivity contribution >= 4 is 24.2 Å². The Hall–Kier alpha value is 1.39. The third-order valence-corrected chi connectivity index (χ3v) is 0. The van der Waals surface area contributed by atoms with E-state index in [1.54, 1.807) is 0 Å². The van der Waals surface area contributed by atoms with Crippen molar-refractivity contribution in [3.05, 3.63) is 19.6 Å². The number of hydrogen-bond acceptors (Lipinski definition) is 0. The van der Waals surface area contributed by atoms with E-state index < -0.39 is 24.2 Å². The maximum atomic E-state index is 3.91. The van der Waals surface area contributed by atoms with Crippen molar-refractivity contribution in [3.63, 3.8) is 0 Å². The molecule has 16 heavy (non-hydrogen) atoms. The summed E-state index contributed by atoms with van der Waals surface area (Å²) in [5.74, 6) is 0. The largest absolute Gasteiger partial charge is 0.342 e. The Morgan fingerprint density at radius 1 is 0.438 bits per heavy atom. The predicted molar refractivity (Wildman–Crippen MR) is 86.1 cm³/mol. The van der Waals surface area contributed by atoms with Gasteiger partial charge in [-0.3, -0.25) is 0 Å². The standard InChI is InChI=1S/3C4H11Si.Ta/c3*1-5(2,3)4;/h3*1H2,2-4H3;/q3*-1;. The van der Waals surface area contributed by atoms with Crippen LogP contribution in [0, 0.1) is 19.6 Å². The molecule has 0 aromatic heterocycles. The van der Waals surface area contributed by atoms with Gasteiger partial charge in [0.1, 0.15) is 0 Å². The molecule has 0 bridgehead atoms. The fraction of sp³-hybridized carbons (Fsp3) is 0.750. The maximum absolute atomic E-state index is 3.91. The maximum Gasteiger partial charge on any atom is 0 e. The van der Waals surface area contributed by atoms with E-state index in [0.29, 0.717) is 0 Å². The predicted octanol–water partition coefficient (Wildman–Crippen LogP) is 5.09. The van der Waals surface area contributed by atoms with Gasteiger partial charge in [0, 0.05) is 22.4 Å². The molecule has 0 heterocycles. The summed E-state index contributed by atoms with van der Waals surface area (Å²) in [5, 5.41) is 0. The van der Waals surface area contributed by atoms with Gasteiger partial charge in [0.05, 0.1) is 0 Å². The monoisotopic (exact) mass is 442 g/mol. The van der Waals surface area contributed by atoms with E-state index in [4.69, 9.17) is 0 Å². The van der Waals surface area contributed by atoms with Gasteiger partial charge in [-0.25, -0.2) is 0 Å². The van der Waals surface area contributed by atoms with Crippen molar-refractivity contribution in [1.29, 1.82) is 0 Å². The Balaban J connectivity index is -0.0000000655. The van der Waals surface area contributed by atoms with Crippen LogP contribution in [-0.2, 0) is 22.4 Å². The Bertz CT molecular complexity index is 91.3. The zero-order valence-electron chi connectivity index (χ0n) is 13.1. The third-order valence-electron chi connectivity index (χ3n) is 0. The van der Waals surface area contributed by atoms with Gasteiger partial charge in [-0.15, -0.1) is 24.2 Å². The summed E-state index contributed by atoms with van der Waals surface area (Å²) >= 11 is 0. The van der Waals surface area contributed by atoms with Crippen LogP contribution in [-0.4, -0.2) is 24.2 Å². The summed E-state index contributed by atoms with van der Waals surface area (Å²) < 4.78 is 0. The van der Waals surface area contributed by atoms with E-state index in [1.807, 2.05) is 0 Å². The van der Waals surface area contributed by atoms with Gasteiger partial charge < -0.3 is 19.6 Å². The topological polar surface area (TPSA) is 0 Å². The first-order chi connectivity index (χ1) is 6.00. The molecule has 0 amide bonds. The van der Waals surface area contributed by atoms with Gasteiger partial charge in [-0.1, -0.05) is 58.9 Å². The average molecular weight is 443 g/mol. The molecule has 0 aliphatic carbocycles. The van der Waals surface area contributed by atoms with Crippen LogP contribution in [0.4, 0.5) is 0 Å². The molecule has 0 aliphatic heterocycles. The van der Waals surface area contributed by atoms with Crippen molar-refractivity contribution in [1.82, 2.24) is 0 Å². The van der Waals surface area contributed by atoms with Gasteiger partial charge in [0.15, 0.2) is 0 Å². The van der Waals surface area contributed by atoms with Crippen molar-refractivity contribution < 1.29 is 22.4 Å². The van der Waals surface area contributed by atoms with E-state index in [0.717, 1.165) is 0 Å². The van der Waals surface area contributed by atoms with Gasteiger partial charge >= 0.3 is 0 Å². The molecule has 0 aliphatic rings. The van der Waals surface area contributed by atoms with Gasteiger partial charge in [-0.2, -0.15) is 0 Å². The summed E-state index contributed by atoms with van der Waals surface area (Å²) in [5.41, 5.74) is 0. The molecular formula is C12H33Si3Ta-3. The normalized spacial score (nSPS) is 11.2. The van der Waals surface area contributed by atoms with Crippen LogP contribution in [0.2, 0.25) is 58.9 Å². The molecule has 0 unspecified atom stereocenters. The summed E-state index contributed by atoms with van der Waals surface area (Å²) in [6.45, 7) is 31.7. The number of rotatable bonds is 0. The van der Waals surface area contributed by atoms with Crippen LogP contribution in [0.5, 0.6) is 0 Å². The minimum absolute atomic E-state index is 0. The Morgan fingerprint density at radius 3 is 0.438 bits per heavy atom. The van der Waals surface area contributed by atoms with E-state index in [-0.39, 0.29) is 22.4 Å². The van der Waals surface area contributed by atoms with Crippen LogP contribution >= 0.6 is 0 Å². The van der Waals surface area contributed by atoms with E-state index in [2.05, 4.69) is 78.6 Å². The summed E-state index contributed by atoms with van der Waals surface area (Å²) in [6.07, 6.45) is 0. The van der Waals surface area contributed by atoms with E-state index in [1.165, 1.54) is 0 Å². The molecule has 0 N–H and O–H groups in total. The molecule has 1 radical (unpaired) electrons. The van der Waals surface area contributed by atoms with Crippen molar-refractivity contribution in [2.75, 3.05) is 0 Å². The summed E-state index contributed by atoms with van der Waals surface area (Å²) in [4.78, 5) is 0. The van der Waals surface area contributed by atoms with E-state index in [9.17, 15) is 0 Å². The molecule has 0 nitrogen and oxygen atoms in total. The quantitative estimate of drug-likeness (QED) is 0.362. The Morgan fingerprint density at radius 2 is 0.438 bits per heavy atom. The van der Waals surface area contributed by atoms with Crippen LogP contribution in [0.1, 0.15) is 0 Å². The fourth-order valence-electron chi connectivity index (χ4n) is 0. The molecule has 0 spiro atoms. The van der Waals surface area contributed by atoms with Crippen LogP contribution in [0.25, 0.3) is 0 Å². The SMILES string of the molecule is [CH2-][Si](C)(C)C.[CH2-][Si](C)(C)C.[CH2-][Si](C)(C)C.[Ta]. The molecule has 0 saturated heterocycles. The van der Waals surface area contributed by atoms with Crippen molar-refractivity contribution in [2.24, 2.45) is 0 Å². The first kappa shape index (κ1) is 26.1. The van der Waals surface area contributed by atoms with Crippen LogP contribution in [0.3, 0.4) is 0 Å². The van der Waals surface area contributed by atoms with Crippen LogP contribution < -0.4 is 0 Å². The number of hydrogen-bond donors (Lipinski definition) is 0. The molecule has 0 fully saturated rings. The van der Waals surface area contributed by atoms with Gasteiger partial charge in [-0.05, 0) is 0 Å². The first-order valence-corrected chi connectivity index (χ1v) is 16.7. The molecule has 0 aromatic carbocycles. The zero-order chi connectivity index (χ0) is 13.5. The van der Waals surface area contributed by atoms with E-state index >= 15 is 0 Å². The molecular weight excluding hydrogens is 409 g/mol. The third kappa shape index (κ3) is 1650. The molecule has 4 heteroatoms. The van der Waals surface area contributed by atoms with Gasteiger partial charge in [0.2, 0.25) is 0 Å². The van der Waals surface area contributed by atoms with Crippen LogP contribution in [0.15, 0.2) is 0 Å². The summed E-state index contributed by atoms with van der Waals surface area (Å²) in [7, 11) is -2.58. The second-order valence-corrected chi connectivity index (χ2v) is 23.0. The molecule has 101 valence electrons. The summed E-state index contributed by atoms with van der Waals surface area (Å²) in [6, 6.07) is 0. The van der Waals surface area contributed by atoms with Crippen molar-refractivity contribution in [3.8, 4) is 0 Å². The van der Waals surface area contributed by atoms with Crippen molar-refractivity contribution in [2.45, 2.75) is 58.9 Å². The molecule has 0 atom stereocenters. The Kier molecular flexibility index (Phi) is 16.8. The molecule has 0 rings (SSSR count). The minimum atomic E-state index is -0.861. The molecule has 0 saturated carbocycles. The smallest absolute Gasteiger partial charge is 0 e. The zero-order valence-corrected chi connectivity index (χ0v) is 19.3. The second-order valence-electron chi connectivity index (χ2n) is 7.68. The van der Waals surface area contributed by atoms with Gasteiger partial charge in [0.25, 0.3) is 0 Å². The first-order valence-electron chi connectivity index (χ1n) is 5.56. The minimum Gasteiger partial charge on any atom is -0.342 e. The fourth-order valence-corrected chi connectivity index (χ4v) is 0. The average Bonchev–Trinajstić information content (AvgIpc) is 1.41. The molecule has 0 aromatic rings. The Labute approximate surface area is 125 Å². The second kappa shape index (κ2) is 10.3.